The number of nitrogens with zero attached hydrogens (tertiary/aromatic N) is 2. The van der Waals surface area contributed by atoms with Crippen LogP contribution in [0.1, 0.15) is 44.6 Å². The van der Waals surface area contributed by atoms with Crippen molar-refractivity contribution in [3.63, 3.8) is 0 Å². The van der Waals surface area contributed by atoms with E-state index in [0.717, 1.165) is 47.2 Å². The summed E-state index contributed by atoms with van der Waals surface area (Å²) in [6, 6.07) is 17.4. The number of fused-ring (bicyclic) bond motifs is 1. The summed E-state index contributed by atoms with van der Waals surface area (Å²) >= 11 is 0. The van der Waals surface area contributed by atoms with Gasteiger partial charge in [0.05, 0.1) is 11.4 Å². The molecule has 38 heavy (non-hydrogen) atoms. The van der Waals surface area contributed by atoms with Gasteiger partial charge >= 0.3 is 0 Å². The van der Waals surface area contributed by atoms with Gasteiger partial charge in [-0.2, -0.15) is 4.31 Å². The van der Waals surface area contributed by atoms with Crippen molar-refractivity contribution in [1.29, 1.82) is 0 Å². The second-order valence-corrected chi connectivity index (χ2v) is 11.9. The summed E-state index contributed by atoms with van der Waals surface area (Å²) in [6.45, 7) is 0.939. The van der Waals surface area contributed by atoms with Crippen LogP contribution in [0.4, 0.5) is 4.39 Å². The number of hydrogen-bond donors (Lipinski definition) is 1. The van der Waals surface area contributed by atoms with Gasteiger partial charge < -0.3 is 10.2 Å². The zero-order valence-corrected chi connectivity index (χ0v) is 22.6. The Morgan fingerprint density at radius 2 is 1.63 bits per heavy atom. The van der Waals surface area contributed by atoms with E-state index in [-0.39, 0.29) is 29.0 Å². The Morgan fingerprint density at radius 1 is 0.974 bits per heavy atom. The summed E-state index contributed by atoms with van der Waals surface area (Å²) in [4.78, 5) is 28.0. The van der Waals surface area contributed by atoms with E-state index in [1.54, 1.807) is 37.3 Å². The van der Waals surface area contributed by atoms with E-state index < -0.39 is 34.3 Å². The third-order valence-electron chi connectivity index (χ3n) is 7.20. The summed E-state index contributed by atoms with van der Waals surface area (Å²) in [7, 11) is -2.67. The van der Waals surface area contributed by atoms with Crippen molar-refractivity contribution in [2.75, 3.05) is 13.6 Å². The van der Waals surface area contributed by atoms with Crippen LogP contribution in [0.15, 0.2) is 71.6 Å². The number of carbonyl (C=O) groups is 2. The highest BCUT2D eigenvalue weighted by atomic mass is 32.2. The van der Waals surface area contributed by atoms with Gasteiger partial charge in [-0.15, -0.1) is 0 Å². The van der Waals surface area contributed by atoms with Crippen LogP contribution < -0.4 is 5.32 Å². The molecule has 0 radical (unpaired) electrons. The number of likely N-dealkylation sites (N-methyl/N-ethyl adjacent to an activating group) is 1. The molecule has 9 heteroatoms. The molecule has 1 saturated carbocycles. The summed E-state index contributed by atoms with van der Waals surface area (Å²) in [5.74, 6) is -1.42. The normalized spacial score (nSPS) is 15.4. The third-order valence-corrected chi connectivity index (χ3v) is 9.00. The predicted molar refractivity (Wildman–Crippen MR) is 145 cm³/mol. The first-order valence-corrected chi connectivity index (χ1v) is 14.4. The molecule has 3 aromatic carbocycles. The molecular formula is C29H34FN3O4S. The van der Waals surface area contributed by atoms with E-state index in [4.69, 9.17) is 0 Å². The minimum Gasteiger partial charge on any atom is -0.352 e. The molecule has 1 aliphatic rings. The zero-order chi connectivity index (χ0) is 27.3. The largest absolute Gasteiger partial charge is 0.352 e. The Morgan fingerprint density at radius 3 is 2.34 bits per heavy atom. The van der Waals surface area contributed by atoms with Crippen molar-refractivity contribution in [2.45, 2.75) is 62.6 Å². The molecule has 1 atom stereocenters. The van der Waals surface area contributed by atoms with Crippen molar-refractivity contribution >= 4 is 32.6 Å². The summed E-state index contributed by atoms with van der Waals surface area (Å²) < 4.78 is 42.1. The number of benzene rings is 3. The summed E-state index contributed by atoms with van der Waals surface area (Å²) in [6.07, 6.45) is 4.97. The number of rotatable bonds is 9. The molecule has 0 heterocycles. The van der Waals surface area contributed by atoms with Gasteiger partial charge in [-0.3, -0.25) is 9.59 Å². The highest BCUT2D eigenvalue weighted by molar-refractivity contribution is 7.89. The smallest absolute Gasteiger partial charge is 0.243 e. The standard InChI is InChI=1S/C29H34FN3O4S/c1-21(29(35)31-25-13-4-3-5-14-25)33(19-24-12-8-9-15-27(24)30)28(34)20-32(2)38(36,37)26-17-16-22-10-6-7-11-23(22)18-26/h6-12,15-18,21,25H,3-5,13-14,19-20H2,1-2H3,(H,31,35)/t21-/m0/s1. The van der Waals surface area contributed by atoms with Gasteiger partial charge in [0.25, 0.3) is 0 Å². The second kappa shape index (κ2) is 12.0. The molecule has 202 valence electrons. The van der Waals surface area contributed by atoms with Crippen LogP contribution >= 0.6 is 0 Å². The summed E-state index contributed by atoms with van der Waals surface area (Å²) in [5, 5.41) is 4.69. The third kappa shape index (κ3) is 6.39. The molecule has 0 bridgehead atoms. The number of nitrogens with one attached hydrogen (secondary N) is 1. The Hall–Kier alpha value is -3.30. The first-order valence-electron chi connectivity index (χ1n) is 12.9. The van der Waals surface area contributed by atoms with Crippen molar-refractivity contribution in [1.82, 2.24) is 14.5 Å². The number of hydrogen-bond acceptors (Lipinski definition) is 4. The maximum Gasteiger partial charge on any atom is 0.243 e. The number of carbonyl (C=O) groups excluding carboxylic acids is 2. The number of halogens is 1. The van der Waals surface area contributed by atoms with Crippen molar-refractivity contribution < 1.29 is 22.4 Å². The molecule has 1 N–H and O–H groups in total. The average Bonchev–Trinajstić information content (AvgIpc) is 2.92. The lowest BCUT2D eigenvalue weighted by Crippen LogP contribution is -2.52. The monoisotopic (exact) mass is 539 g/mol. The van der Waals surface area contributed by atoms with Crippen molar-refractivity contribution in [3.05, 3.63) is 78.1 Å². The second-order valence-electron chi connectivity index (χ2n) is 9.90. The minimum absolute atomic E-state index is 0.0417. The zero-order valence-electron chi connectivity index (χ0n) is 21.8. The van der Waals surface area contributed by atoms with Crippen LogP contribution in [0.3, 0.4) is 0 Å². The molecule has 0 spiro atoms. The molecule has 1 fully saturated rings. The topological polar surface area (TPSA) is 86.8 Å². The van der Waals surface area contributed by atoms with E-state index >= 15 is 0 Å². The molecular weight excluding hydrogens is 505 g/mol. The highest BCUT2D eigenvalue weighted by Crippen LogP contribution is 2.22. The number of sulfonamides is 1. The van der Waals surface area contributed by atoms with Crippen LogP contribution in [0.25, 0.3) is 10.8 Å². The van der Waals surface area contributed by atoms with E-state index in [2.05, 4.69) is 5.32 Å². The Kier molecular flexibility index (Phi) is 8.79. The van der Waals surface area contributed by atoms with E-state index in [1.807, 2.05) is 24.3 Å². The lowest BCUT2D eigenvalue weighted by molar-refractivity contribution is -0.141. The number of amides is 2. The molecule has 4 rings (SSSR count). The van der Waals surface area contributed by atoms with E-state index in [1.165, 1.54) is 24.1 Å². The van der Waals surface area contributed by atoms with Crippen molar-refractivity contribution in [3.8, 4) is 0 Å². The maximum atomic E-state index is 14.5. The van der Waals surface area contributed by atoms with Gasteiger partial charge in [-0.1, -0.05) is 67.8 Å². The SMILES string of the molecule is C[C@@H](C(=O)NC1CCCCC1)N(Cc1ccccc1F)C(=O)CN(C)S(=O)(=O)c1ccc2ccccc2c1. The van der Waals surface area contributed by atoms with Crippen LogP contribution in [0.2, 0.25) is 0 Å². The van der Waals surface area contributed by atoms with E-state index in [0.29, 0.717) is 0 Å². The van der Waals surface area contributed by atoms with Crippen LogP contribution in [0.5, 0.6) is 0 Å². The predicted octanol–water partition coefficient (Wildman–Crippen LogP) is 4.47. The van der Waals surface area contributed by atoms with Gasteiger partial charge in [0.15, 0.2) is 0 Å². The molecule has 2 amide bonds. The molecule has 0 saturated heterocycles. The fourth-order valence-electron chi connectivity index (χ4n) is 4.84. The molecule has 0 unspecified atom stereocenters. The Labute approximate surface area is 223 Å². The first-order chi connectivity index (χ1) is 18.2. The lowest BCUT2D eigenvalue weighted by Gasteiger charge is -2.32. The average molecular weight is 540 g/mol. The first kappa shape index (κ1) is 27.7. The van der Waals surface area contributed by atoms with Gasteiger partial charge in [0, 0.05) is 25.2 Å². The van der Waals surface area contributed by atoms with Crippen molar-refractivity contribution in [2.24, 2.45) is 0 Å². The van der Waals surface area contributed by atoms with Crippen LogP contribution in [-0.2, 0) is 26.2 Å². The highest BCUT2D eigenvalue weighted by Gasteiger charge is 2.31. The summed E-state index contributed by atoms with van der Waals surface area (Å²) in [5.41, 5.74) is 0.248. The van der Waals surface area contributed by atoms with Gasteiger partial charge in [-0.05, 0) is 48.7 Å². The van der Waals surface area contributed by atoms with Gasteiger partial charge in [0.1, 0.15) is 11.9 Å². The fraction of sp³-hybridized carbons (Fsp3) is 0.379. The van der Waals surface area contributed by atoms with Gasteiger partial charge in [0.2, 0.25) is 21.8 Å². The van der Waals surface area contributed by atoms with E-state index in [9.17, 15) is 22.4 Å². The van der Waals surface area contributed by atoms with Crippen LogP contribution in [-0.4, -0.2) is 55.1 Å². The quantitative estimate of drug-likeness (QED) is 0.435. The van der Waals surface area contributed by atoms with Crippen LogP contribution in [0, 0.1) is 5.82 Å². The molecule has 1 aliphatic carbocycles. The molecule has 0 aromatic heterocycles. The Balaban J connectivity index is 1.54. The minimum atomic E-state index is -4.00. The van der Waals surface area contributed by atoms with Gasteiger partial charge in [-0.25, -0.2) is 12.8 Å². The lowest BCUT2D eigenvalue weighted by atomic mass is 9.95. The molecule has 3 aromatic rings. The maximum absolute atomic E-state index is 14.5. The molecule has 7 nitrogen and oxygen atoms in total. The Bertz CT molecular complexity index is 1410. The fourth-order valence-corrected chi connectivity index (χ4v) is 5.99. The molecule has 0 aliphatic heterocycles.